The van der Waals surface area contributed by atoms with Gasteiger partial charge in [-0.05, 0) is 48.5 Å². The fraction of sp³-hybridized carbons (Fsp3) is 0.250. The minimum absolute atomic E-state index is 0.0567. The number of hydrogen-bond donors (Lipinski definition) is 0. The summed E-state index contributed by atoms with van der Waals surface area (Å²) in [7, 11) is 0. The van der Waals surface area contributed by atoms with Crippen molar-refractivity contribution in [2.24, 2.45) is 0 Å². The standard InChI is InChI=1S/C32H24BF12/c34-29(35,36)25-9-1-21(2-10-25)17-33(18-22-3-11-26(12-4-22)30(37,38)39,19-23-5-13-27(14-6-23)31(40,41)42)20-24-7-15-28(16-8-24)32(43,44)45/h1-16H,17-20H2/q-1. The van der Waals surface area contributed by atoms with Crippen molar-refractivity contribution in [3.63, 3.8) is 0 Å². The van der Waals surface area contributed by atoms with Gasteiger partial charge in [0, 0.05) is 6.15 Å². The van der Waals surface area contributed by atoms with E-state index in [4.69, 9.17) is 0 Å². The Morgan fingerprint density at radius 2 is 0.444 bits per heavy atom. The Morgan fingerprint density at radius 1 is 0.289 bits per heavy atom. The van der Waals surface area contributed by atoms with Gasteiger partial charge in [-0.25, -0.2) is 0 Å². The predicted molar refractivity (Wildman–Crippen MR) is 146 cm³/mol. The number of hydrogen-bond acceptors (Lipinski definition) is 0. The first-order valence-electron chi connectivity index (χ1n) is 13.6. The second-order valence-electron chi connectivity index (χ2n) is 11.3. The van der Waals surface area contributed by atoms with Gasteiger partial charge in [0.1, 0.15) is 0 Å². The van der Waals surface area contributed by atoms with Gasteiger partial charge in [-0.2, -0.15) is 78.0 Å². The van der Waals surface area contributed by atoms with Crippen molar-refractivity contribution in [1.29, 1.82) is 0 Å². The third-order valence-corrected chi connectivity index (χ3v) is 7.80. The van der Waals surface area contributed by atoms with E-state index in [0.29, 0.717) is 22.3 Å². The first-order chi connectivity index (χ1) is 20.7. The average Bonchev–Trinajstić information content (AvgIpc) is 2.92. The molecule has 45 heavy (non-hydrogen) atoms. The van der Waals surface area contributed by atoms with Crippen LogP contribution >= 0.6 is 0 Å². The van der Waals surface area contributed by atoms with Crippen molar-refractivity contribution in [2.75, 3.05) is 0 Å². The van der Waals surface area contributed by atoms with Gasteiger partial charge < -0.3 is 0 Å². The van der Waals surface area contributed by atoms with Crippen LogP contribution in [0, 0.1) is 0 Å². The predicted octanol–water partition coefficient (Wildman–Crippen LogP) is 10.6. The highest BCUT2D eigenvalue weighted by Gasteiger charge is 2.34. The van der Waals surface area contributed by atoms with Crippen molar-refractivity contribution >= 4 is 6.15 Å². The Balaban J connectivity index is 1.81. The molecule has 0 spiro atoms. The van der Waals surface area contributed by atoms with Gasteiger partial charge in [-0.3, -0.25) is 0 Å². The molecule has 240 valence electrons. The fourth-order valence-electron chi connectivity index (χ4n) is 5.75. The van der Waals surface area contributed by atoms with Gasteiger partial charge in [0.05, 0.1) is 22.3 Å². The molecule has 0 radical (unpaired) electrons. The number of halogens is 12. The van der Waals surface area contributed by atoms with Crippen LogP contribution in [0.1, 0.15) is 44.5 Å². The topological polar surface area (TPSA) is 0 Å². The third kappa shape index (κ3) is 9.07. The molecule has 0 aromatic heterocycles. The van der Waals surface area contributed by atoms with E-state index in [2.05, 4.69) is 0 Å². The van der Waals surface area contributed by atoms with Crippen LogP contribution < -0.4 is 0 Å². The summed E-state index contributed by atoms with van der Waals surface area (Å²) in [4.78, 5) is 0. The van der Waals surface area contributed by atoms with Crippen LogP contribution in [-0.4, -0.2) is 6.15 Å². The summed E-state index contributed by atoms with van der Waals surface area (Å²) in [6.07, 6.45) is -20.3. The maximum absolute atomic E-state index is 13.2. The number of rotatable bonds is 8. The number of benzene rings is 4. The molecule has 0 aliphatic heterocycles. The average molecular weight is 647 g/mol. The van der Waals surface area contributed by atoms with Crippen LogP contribution in [0.15, 0.2) is 97.1 Å². The Morgan fingerprint density at radius 3 is 0.578 bits per heavy atom. The molecule has 0 bridgehead atoms. The second kappa shape index (κ2) is 12.5. The molecule has 13 heteroatoms. The van der Waals surface area contributed by atoms with Crippen LogP contribution in [0.2, 0.25) is 0 Å². The molecule has 0 N–H and O–H groups in total. The molecule has 0 amide bonds. The SMILES string of the molecule is FC(F)(F)c1ccc(C[B-](Cc2ccc(C(F)(F)F)cc2)(Cc2ccc(C(F)(F)F)cc2)Cc2ccc(C(F)(F)F)cc2)cc1. The molecule has 0 fully saturated rings. The molecule has 0 saturated carbocycles. The van der Waals surface area contributed by atoms with Gasteiger partial charge in [-0.15, -0.1) is 0 Å². The molecule has 4 rings (SSSR count). The summed E-state index contributed by atoms with van der Waals surface area (Å²) >= 11 is 0. The highest BCUT2D eigenvalue weighted by molar-refractivity contribution is 6.77. The first-order valence-corrected chi connectivity index (χ1v) is 13.6. The minimum atomic E-state index is -4.62. The van der Waals surface area contributed by atoms with Crippen LogP contribution in [0.4, 0.5) is 52.7 Å². The van der Waals surface area contributed by atoms with Crippen molar-refractivity contribution in [1.82, 2.24) is 0 Å². The van der Waals surface area contributed by atoms with Gasteiger partial charge in [0.15, 0.2) is 0 Å². The normalized spacial score (nSPS) is 13.2. The van der Waals surface area contributed by atoms with Gasteiger partial charge in [-0.1, -0.05) is 70.8 Å². The van der Waals surface area contributed by atoms with Crippen LogP contribution in [-0.2, 0) is 50.0 Å². The quantitative estimate of drug-likeness (QED) is 0.132. The monoisotopic (exact) mass is 647 g/mol. The molecule has 0 aliphatic rings. The zero-order chi connectivity index (χ0) is 33.3. The largest absolute Gasteiger partial charge is 0.416 e. The van der Waals surface area contributed by atoms with Crippen LogP contribution in [0.25, 0.3) is 0 Å². The van der Waals surface area contributed by atoms with Crippen molar-refractivity contribution in [3.8, 4) is 0 Å². The summed E-state index contributed by atoms with van der Waals surface area (Å²) < 4.78 is 159. The molecule has 0 atom stereocenters. The molecule has 0 aliphatic carbocycles. The van der Waals surface area contributed by atoms with E-state index in [1.807, 2.05) is 0 Å². The van der Waals surface area contributed by atoms with E-state index in [9.17, 15) is 52.7 Å². The van der Waals surface area contributed by atoms with E-state index < -0.39 is 53.1 Å². The summed E-state index contributed by atoms with van der Waals surface area (Å²) in [5.74, 6) is 0. The van der Waals surface area contributed by atoms with Crippen molar-refractivity contribution < 1.29 is 52.7 Å². The lowest BCUT2D eigenvalue weighted by atomic mass is 9.16. The highest BCUT2D eigenvalue weighted by atomic mass is 19.4. The van der Waals surface area contributed by atoms with Crippen LogP contribution in [0.3, 0.4) is 0 Å². The summed E-state index contributed by atoms with van der Waals surface area (Å²) in [5, 5.41) is 0. The fourth-order valence-corrected chi connectivity index (χ4v) is 5.75. The van der Waals surface area contributed by atoms with Crippen molar-refractivity contribution in [2.45, 2.75) is 50.0 Å². The molecule has 0 saturated heterocycles. The maximum Gasteiger partial charge on any atom is 0.416 e. The van der Waals surface area contributed by atoms with E-state index in [-0.39, 0.29) is 25.3 Å². The Bertz CT molecular complexity index is 1300. The second-order valence-corrected chi connectivity index (χ2v) is 11.3. The molecule has 0 nitrogen and oxygen atoms in total. The van der Waals surface area contributed by atoms with Gasteiger partial charge in [0.2, 0.25) is 0 Å². The number of alkyl halides is 12. The van der Waals surface area contributed by atoms with Crippen molar-refractivity contribution in [3.05, 3.63) is 142 Å². The van der Waals surface area contributed by atoms with Crippen LogP contribution in [0.5, 0.6) is 0 Å². The first kappa shape index (κ1) is 34.0. The Kier molecular flexibility index (Phi) is 9.42. The third-order valence-electron chi connectivity index (χ3n) is 7.80. The zero-order valence-electron chi connectivity index (χ0n) is 23.2. The maximum atomic E-state index is 13.2. The molecule has 4 aromatic rings. The summed E-state index contributed by atoms with van der Waals surface area (Å²) in [5.41, 5.74) is -2.03. The van der Waals surface area contributed by atoms with Gasteiger partial charge in [0.25, 0.3) is 0 Å². The lowest BCUT2D eigenvalue weighted by molar-refractivity contribution is -0.138. The van der Waals surface area contributed by atoms with E-state index >= 15 is 0 Å². The zero-order valence-corrected chi connectivity index (χ0v) is 23.2. The molecule has 0 heterocycles. The van der Waals surface area contributed by atoms with Gasteiger partial charge >= 0.3 is 24.7 Å². The lowest BCUT2D eigenvalue weighted by Crippen LogP contribution is -2.46. The Hall–Kier alpha value is -3.90. The van der Waals surface area contributed by atoms with E-state index in [0.717, 1.165) is 48.5 Å². The lowest BCUT2D eigenvalue weighted by Gasteiger charge is -2.41. The smallest absolute Gasteiger partial charge is 0.166 e. The molecule has 0 unspecified atom stereocenters. The molecular weight excluding hydrogens is 623 g/mol. The van der Waals surface area contributed by atoms with E-state index in [1.165, 1.54) is 48.5 Å². The minimum Gasteiger partial charge on any atom is -0.166 e. The van der Waals surface area contributed by atoms with E-state index in [1.54, 1.807) is 0 Å². The summed E-state index contributed by atoms with van der Waals surface area (Å²) in [6, 6.07) is 16.9. The summed E-state index contributed by atoms with van der Waals surface area (Å²) in [6.45, 7) is 0. The highest BCUT2D eigenvalue weighted by Crippen LogP contribution is 2.35. The molecule has 4 aromatic carbocycles. The Labute approximate surface area is 250 Å². The molecular formula is C32H24BF12-.